The lowest BCUT2D eigenvalue weighted by atomic mass is 10.2. The molecule has 0 atom stereocenters. The Balaban J connectivity index is 2.10. The number of nitrogens with one attached hydrogen (secondary N) is 1. The third-order valence-corrected chi connectivity index (χ3v) is 4.11. The molecule has 0 saturated carbocycles. The van der Waals surface area contributed by atoms with Crippen LogP contribution < -0.4 is 15.2 Å². The number of carbonyl (C=O) groups excluding carboxylic acids is 2. The fourth-order valence-electron chi connectivity index (χ4n) is 1.98. The van der Waals surface area contributed by atoms with Gasteiger partial charge < -0.3 is 14.8 Å². The van der Waals surface area contributed by atoms with Crippen molar-refractivity contribution in [2.75, 3.05) is 19.0 Å². The summed E-state index contributed by atoms with van der Waals surface area (Å²) in [6.45, 7) is -0.712. The van der Waals surface area contributed by atoms with E-state index in [-0.39, 0.29) is 21.9 Å². The maximum absolute atomic E-state index is 13.5. The highest BCUT2D eigenvalue weighted by Crippen LogP contribution is 2.22. The van der Waals surface area contributed by atoms with Crippen molar-refractivity contribution in [3.8, 4) is 5.75 Å². The van der Waals surface area contributed by atoms with Crippen molar-refractivity contribution < 1.29 is 31.9 Å². The van der Waals surface area contributed by atoms with Gasteiger partial charge in [0.25, 0.3) is 5.91 Å². The van der Waals surface area contributed by atoms with Gasteiger partial charge in [0, 0.05) is 0 Å². The minimum absolute atomic E-state index is 0.0388. The Kier molecular flexibility index (Phi) is 5.90. The molecule has 0 heterocycles. The summed E-state index contributed by atoms with van der Waals surface area (Å²) in [6.07, 6.45) is 0. The molecule has 0 bridgehead atoms. The van der Waals surface area contributed by atoms with Gasteiger partial charge in [0.15, 0.2) is 6.61 Å². The van der Waals surface area contributed by atoms with Crippen LogP contribution >= 0.6 is 0 Å². The number of rotatable bonds is 6. The molecule has 0 aliphatic rings. The number of methoxy groups -OCH3 is 1. The summed E-state index contributed by atoms with van der Waals surface area (Å²) >= 11 is 0. The molecule has 2 aromatic carbocycles. The summed E-state index contributed by atoms with van der Waals surface area (Å²) in [6, 6.07) is 8.85. The number of anilines is 1. The van der Waals surface area contributed by atoms with Crippen LogP contribution in [0.4, 0.5) is 10.1 Å². The van der Waals surface area contributed by atoms with E-state index in [1.165, 1.54) is 31.4 Å². The molecule has 2 aromatic rings. The van der Waals surface area contributed by atoms with Gasteiger partial charge in [-0.1, -0.05) is 12.1 Å². The van der Waals surface area contributed by atoms with Gasteiger partial charge in [-0.15, -0.1) is 0 Å². The van der Waals surface area contributed by atoms with Gasteiger partial charge >= 0.3 is 5.97 Å². The lowest BCUT2D eigenvalue weighted by molar-refractivity contribution is -0.119. The number of benzene rings is 2. The SMILES string of the molecule is COc1ccc(S(N)(=O)=O)cc1C(=O)OCC(=O)Nc1ccccc1F. The van der Waals surface area contributed by atoms with Crippen molar-refractivity contribution >= 4 is 27.6 Å². The number of ether oxygens (including phenoxy) is 2. The predicted octanol–water partition coefficient (Wildman–Crippen LogP) is 1.28. The summed E-state index contributed by atoms with van der Waals surface area (Å²) < 4.78 is 46.0. The molecule has 26 heavy (non-hydrogen) atoms. The summed E-state index contributed by atoms with van der Waals surface area (Å²) in [7, 11) is -2.77. The van der Waals surface area contributed by atoms with Crippen LogP contribution in [-0.4, -0.2) is 34.0 Å². The molecule has 0 saturated heterocycles. The van der Waals surface area contributed by atoms with Crippen LogP contribution in [0.1, 0.15) is 10.4 Å². The lowest BCUT2D eigenvalue weighted by Crippen LogP contribution is -2.22. The van der Waals surface area contributed by atoms with Crippen LogP contribution in [0.5, 0.6) is 5.75 Å². The second-order valence-electron chi connectivity index (χ2n) is 5.01. The first-order chi connectivity index (χ1) is 12.2. The Morgan fingerprint density at radius 3 is 2.50 bits per heavy atom. The zero-order valence-electron chi connectivity index (χ0n) is 13.6. The topological polar surface area (TPSA) is 125 Å². The number of nitrogens with two attached hydrogens (primary N) is 1. The van der Waals surface area contributed by atoms with Crippen molar-refractivity contribution in [1.82, 2.24) is 0 Å². The Morgan fingerprint density at radius 2 is 1.88 bits per heavy atom. The molecule has 0 aromatic heterocycles. The molecule has 1 amide bonds. The molecule has 0 aliphatic heterocycles. The smallest absolute Gasteiger partial charge is 0.342 e. The van der Waals surface area contributed by atoms with Crippen molar-refractivity contribution in [3.05, 3.63) is 53.8 Å². The monoisotopic (exact) mass is 382 g/mol. The van der Waals surface area contributed by atoms with E-state index in [0.29, 0.717) is 0 Å². The van der Waals surface area contributed by atoms with Crippen LogP contribution in [0, 0.1) is 5.82 Å². The van der Waals surface area contributed by atoms with E-state index in [4.69, 9.17) is 14.6 Å². The Morgan fingerprint density at radius 1 is 1.19 bits per heavy atom. The first-order valence-corrected chi connectivity index (χ1v) is 8.69. The molecular weight excluding hydrogens is 367 g/mol. The van der Waals surface area contributed by atoms with Gasteiger partial charge in [-0.2, -0.15) is 0 Å². The van der Waals surface area contributed by atoms with Crippen LogP contribution in [0.15, 0.2) is 47.4 Å². The molecular formula is C16H15FN2O6S. The number of esters is 1. The average Bonchev–Trinajstić information content (AvgIpc) is 2.60. The summed E-state index contributed by atoms with van der Waals surface area (Å²) in [4.78, 5) is 23.6. The molecule has 8 nitrogen and oxygen atoms in total. The average molecular weight is 382 g/mol. The minimum atomic E-state index is -4.04. The first kappa shape index (κ1) is 19.3. The standard InChI is InChI=1S/C16H15FN2O6S/c1-24-14-7-6-10(26(18,22)23)8-11(14)16(21)25-9-15(20)19-13-5-3-2-4-12(13)17/h2-8H,9H2,1H3,(H,19,20)(H2,18,22,23). The van der Waals surface area contributed by atoms with E-state index in [1.807, 2.05) is 0 Å². The number of hydrogen-bond donors (Lipinski definition) is 2. The maximum Gasteiger partial charge on any atom is 0.342 e. The molecule has 138 valence electrons. The zero-order valence-corrected chi connectivity index (χ0v) is 14.4. The molecule has 2 rings (SSSR count). The highest BCUT2D eigenvalue weighted by Gasteiger charge is 2.19. The fraction of sp³-hybridized carbons (Fsp3) is 0.125. The van der Waals surface area contributed by atoms with Gasteiger partial charge in [-0.05, 0) is 30.3 Å². The number of sulfonamides is 1. The maximum atomic E-state index is 13.5. The van der Waals surface area contributed by atoms with Crippen LogP contribution in [-0.2, 0) is 19.6 Å². The molecule has 0 aliphatic carbocycles. The largest absolute Gasteiger partial charge is 0.496 e. The second kappa shape index (κ2) is 7.93. The Labute approximate surface area is 148 Å². The van der Waals surface area contributed by atoms with Crippen molar-refractivity contribution in [3.63, 3.8) is 0 Å². The number of halogens is 1. The number of carbonyl (C=O) groups is 2. The van der Waals surface area contributed by atoms with Crippen LogP contribution in [0.25, 0.3) is 0 Å². The normalized spacial score (nSPS) is 10.9. The van der Waals surface area contributed by atoms with Gasteiger partial charge in [-0.25, -0.2) is 22.7 Å². The van der Waals surface area contributed by atoms with E-state index >= 15 is 0 Å². The Hall–Kier alpha value is -2.98. The van der Waals surface area contributed by atoms with E-state index < -0.39 is 34.3 Å². The third kappa shape index (κ3) is 4.77. The number of hydrogen-bond acceptors (Lipinski definition) is 6. The molecule has 0 radical (unpaired) electrons. The quantitative estimate of drug-likeness (QED) is 0.725. The fourth-order valence-corrected chi connectivity index (χ4v) is 2.52. The van der Waals surface area contributed by atoms with Crippen LogP contribution in [0.3, 0.4) is 0 Å². The molecule has 0 unspecified atom stereocenters. The van der Waals surface area contributed by atoms with Crippen LogP contribution in [0.2, 0.25) is 0 Å². The van der Waals surface area contributed by atoms with Gasteiger partial charge in [-0.3, -0.25) is 4.79 Å². The molecule has 10 heteroatoms. The van der Waals surface area contributed by atoms with E-state index in [0.717, 1.165) is 18.2 Å². The lowest BCUT2D eigenvalue weighted by Gasteiger charge is -2.10. The highest BCUT2D eigenvalue weighted by atomic mass is 32.2. The third-order valence-electron chi connectivity index (χ3n) is 3.20. The van der Waals surface area contributed by atoms with Crippen molar-refractivity contribution in [1.29, 1.82) is 0 Å². The summed E-state index contributed by atoms with van der Waals surface area (Å²) in [5.74, 6) is -2.38. The summed E-state index contributed by atoms with van der Waals surface area (Å²) in [5, 5.41) is 7.26. The minimum Gasteiger partial charge on any atom is -0.496 e. The first-order valence-electron chi connectivity index (χ1n) is 7.14. The van der Waals surface area contributed by atoms with Crippen molar-refractivity contribution in [2.45, 2.75) is 4.90 Å². The highest BCUT2D eigenvalue weighted by molar-refractivity contribution is 7.89. The number of amides is 1. The Bertz CT molecular complexity index is 946. The van der Waals surface area contributed by atoms with Gasteiger partial charge in [0.05, 0.1) is 17.7 Å². The van der Waals surface area contributed by atoms with E-state index in [2.05, 4.69) is 5.32 Å². The molecule has 3 N–H and O–H groups in total. The van der Waals surface area contributed by atoms with Gasteiger partial charge in [0.2, 0.25) is 10.0 Å². The molecule has 0 fully saturated rings. The molecule has 0 spiro atoms. The summed E-state index contributed by atoms with van der Waals surface area (Å²) in [5.41, 5.74) is -0.292. The van der Waals surface area contributed by atoms with Crippen molar-refractivity contribution in [2.24, 2.45) is 5.14 Å². The number of primary sulfonamides is 1. The number of para-hydroxylation sites is 1. The predicted molar refractivity (Wildman–Crippen MR) is 89.7 cm³/mol. The zero-order chi connectivity index (χ0) is 19.3. The van der Waals surface area contributed by atoms with E-state index in [9.17, 15) is 22.4 Å². The second-order valence-corrected chi connectivity index (χ2v) is 6.57. The van der Waals surface area contributed by atoms with Gasteiger partial charge in [0.1, 0.15) is 17.1 Å². The van der Waals surface area contributed by atoms with E-state index in [1.54, 1.807) is 0 Å².